The lowest BCUT2D eigenvalue weighted by molar-refractivity contribution is 0.707. The van der Waals surface area contributed by atoms with Gasteiger partial charge in [0.05, 0.1) is 11.0 Å². The first-order valence-corrected chi connectivity index (χ1v) is 6.71. The summed E-state index contributed by atoms with van der Waals surface area (Å²) in [6.45, 7) is 3.51. The molecule has 2 heterocycles. The first kappa shape index (κ1) is 12.5. The van der Waals surface area contributed by atoms with Gasteiger partial charge in [0, 0.05) is 17.2 Å². The van der Waals surface area contributed by atoms with Crippen molar-refractivity contribution in [3.8, 4) is 0 Å². The first-order valence-electron chi connectivity index (χ1n) is 5.12. The van der Waals surface area contributed by atoms with E-state index in [0.717, 1.165) is 27.1 Å². The molecule has 7 heteroatoms. The van der Waals surface area contributed by atoms with Crippen LogP contribution in [0.5, 0.6) is 0 Å². The largest absolute Gasteiger partial charge is 0.362 e. The summed E-state index contributed by atoms with van der Waals surface area (Å²) in [5, 5.41) is 11.1. The minimum Gasteiger partial charge on any atom is -0.362 e. The molecule has 0 unspecified atom stereocenters. The minimum absolute atomic E-state index is 0.598. The van der Waals surface area contributed by atoms with E-state index in [2.05, 4.69) is 59.3 Å². The maximum atomic E-state index is 4.27. The molecule has 0 radical (unpaired) electrons. The number of pyridine rings is 1. The summed E-state index contributed by atoms with van der Waals surface area (Å²) < 4.78 is 3.83. The molecule has 0 amide bonds. The Morgan fingerprint density at radius 3 is 2.94 bits per heavy atom. The zero-order valence-corrected chi connectivity index (χ0v) is 12.4. The van der Waals surface area contributed by atoms with E-state index >= 15 is 0 Å². The van der Waals surface area contributed by atoms with Crippen LogP contribution < -0.4 is 5.32 Å². The number of aromatic nitrogens is 4. The van der Waals surface area contributed by atoms with Crippen LogP contribution in [0.2, 0.25) is 0 Å². The molecule has 0 saturated heterocycles. The van der Waals surface area contributed by atoms with Gasteiger partial charge in [0.15, 0.2) is 5.82 Å². The summed E-state index contributed by atoms with van der Waals surface area (Å²) in [5.74, 6) is 1.68. The Morgan fingerprint density at radius 1 is 1.41 bits per heavy atom. The summed E-state index contributed by atoms with van der Waals surface area (Å²) in [7, 11) is 0. The van der Waals surface area contributed by atoms with Gasteiger partial charge in [-0.15, -0.1) is 10.2 Å². The molecule has 0 bridgehead atoms. The van der Waals surface area contributed by atoms with Crippen molar-refractivity contribution in [2.24, 2.45) is 0 Å². The van der Waals surface area contributed by atoms with Crippen molar-refractivity contribution in [2.75, 3.05) is 5.32 Å². The van der Waals surface area contributed by atoms with Crippen LogP contribution in [0, 0.1) is 0 Å². The molecule has 17 heavy (non-hydrogen) atoms. The third-order valence-electron chi connectivity index (χ3n) is 2.26. The highest BCUT2D eigenvalue weighted by Gasteiger charge is 2.05. The molecule has 0 aliphatic heterocycles. The van der Waals surface area contributed by atoms with Gasteiger partial charge in [0.2, 0.25) is 0 Å². The maximum Gasteiger partial charge on any atom is 0.152 e. The van der Waals surface area contributed by atoms with Gasteiger partial charge in [-0.3, -0.25) is 0 Å². The number of hydrogen-bond donors (Lipinski definition) is 1. The average molecular weight is 361 g/mol. The second-order valence-corrected chi connectivity index (χ2v) is 5.14. The highest BCUT2D eigenvalue weighted by molar-refractivity contribution is 9.11. The van der Waals surface area contributed by atoms with Crippen LogP contribution in [0.25, 0.3) is 0 Å². The first-order chi connectivity index (χ1) is 8.20. The standard InChI is InChI=1S/C10H11Br2N5/c1-2-17-6-15-16-9(17)5-14-10-8(12)3-7(11)4-13-10/h3-4,6H,2,5H2,1H3,(H,13,14). The van der Waals surface area contributed by atoms with Crippen LogP contribution in [0.15, 0.2) is 27.5 Å². The molecule has 2 aromatic rings. The number of rotatable bonds is 4. The van der Waals surface area contributed by atoms with Crippen molar-refractivity contribution in [2.45, 2.75) is 20.0 Å². The molecule has 0 saturated carbocycles. The van der Waals surface area contributed by atoms with Gasteiger partial charge in [-0.05, 0) is 44.8 Å². The lowest BCUT2D eigenvalue weighted by Gasteiger charge is -2.07. The Morgan fingerprint density at radius 2 is 2.24 bits per heavy atom. The number of anilines is 1. The third kappa shape index (κ3) is 3.04. The smallest absolute Gasteiger partial charge is 0.152 e. The molecular formula is C10H11Br2N5. The second-order valence-electron chi connectivity index (χ2n) is 3.37. The van der Waals surface area contributed by atoms with Crippen molar-refractivity contribution < 1.29 is 0 Å². The van der Waals surface area contributed by atoms with Crippen LogP contribution in [-0.4, -0.2) is 19.7 Å². The molecule has 0 aliphatic carbocycles. The molecule has 0 atom stereocenters. The van der Waals surface area contributed by atoms with E-state index in [0.29, 0.717) is 6.54 Å². The summed E-state index contributed by atoms with van der Waals surface area (Å²) in [5.41, 5.74) is 0. The normalized spacial score (nSPS) is 10.5. The van der Waals surface area contributed by atoms with Crippen LogP contribution in [-0.2, 0) is 13.1 Å². The van der Waals surface area contributed by atoms with Gasteiger partial charge in [-0.25, -0.2) is 4.98 Å². The monoisotopic (exact) mass is 359 g/mol. The molecule has 0 spiro atoms. The van der Waals surface area contributed by atoms with E-state index in [1.807, 2.05) is 10.6 Å². The van der Waals surface area contributed by atoms with Gasteiger partial charge in [0.1, 0.15) is 12.1 Å². The molecule has 2 rings (SSSR count). The topological polar surface area (TPSA) is 55.6 Å². The van der Waals surface area contributed by atoms with Crippen molar-refractivity contribution in [1.29, 1.82) is 0 Å². The number of nitrogens with one attached hydrogen (secondary N) is 1. The molecule has 1 N–H and O–H groups in total. The fraction of sp³-hybridized carbons (Fsp3) is 0.300. The molecule has 0 aromatic carbocycles. The van der Waals surface area contributed by atoms with E-state index in [4.69, 9.17) is 0 Å². The van der Waals surface area contributed by atoms with Gasteiger partial charge in [0.25, 0.3) is 0 Å². The van der Waals surface area contributed by atoms with Gasteiger partial charge < -0.3 is 9.88 Å². The maximum absolute atomic E-state index is 4.27. The van der Waals surface area contributed by atoms with E-state index < -0.39 is 0 Å². The zero-order chi connectivity index (χ0) is 12.3. The molecular weight excluding hydrogens is 350 g/mol. The minimum atomic E-state index is 0.598. The van der Waals surface area contributed by atoms with Crippen LogP contribution in [0.4, 0.5) is 5.82 Å². The zero-order valence-electron chi connectivity index (χ0n) is 9.19. The van der Waals surface area contributed by atoms with E-state index in [-0.39, 0.29) is 0 Å². The van der Waals surface area contributed by atoms with Gasteiger partial charge >= 0.3 is 0 Å². The van der Waals surface area contributed by atoms with Crippen LogP contribution in [0.1, 0.15) is 12.7 Å². The molecule has 5 nitrogen and oxygen atoms in total. The Labute approximate surface area is 116 Å². The number of hydrogen-bond acceptors (Lipinski definition) is 4. The fourth-order valence-electron chi connectivity index (χ4n) is 1.39. The highest BCUT2D eigenvalue weighted by Crippen LogP contribution is 2.23. The molecule has 0 aliphatic rings. The van der Waals surface area contributed by atoms with Crippen LogP contribution in [0.3, 0.4) is 0 Å². The lowest BCUT2D eigenvalue weighted by atomic mass is 10.4. The predicted octanol–water partition coefficient (Wildman–Crippen LogP) is 2.83. The molecule has 0 fully saturated rings. The Hall–Kier alpha value is -0.950. The average Bonchev–Trinajstić information content (AvgIpc) is 2.75. The van der Waals surface area contributed by atoms with E-state index in [1.54, 1.807) is 12.5 Å². The molecule has 90 valence electrons. The summed E-state index contributed by atoms with van der Waals surface area (Å²) >= 11 is 6.81. The number of nitrogens with zero attached hydrogens (tertiary/aromatic N) is 4. The quantitative estimate of drug-likeness (QED) is 0.910. The third-order valence-corrected chi connectivity index (χ3v) is 3.30. The fourth-order valence-corrected chi connectivity index (χ4v) is 2.52. The van der Waals surface area contributed by atoms with Gasteiger partial charge in [-0.2, -0.15) is 0 Å². The Bertz CT molecular complexity index is 511. The van der Waals surface area contributed by atoms with Crippen molar-refractivity contribution in [3.63, 3.8) is 0 Å². The Kier molecular flexibility index (Phi) is 4.11. The number of halogens is 2. The van der Waals surface area contributed by atoms with E-state index in [1.165, 1.54) is 0 Å². The van der Waals surface area contributed by atoms with E-state index in [9.17, 15) is 0 Å². The number of aryl methyl sites for hydroxylation is 1. The SMILES string of the molecule is CCn1cnnc1CNc1ncc(Br)cc1Br. The summed E-state index contributed by atoms with van der Waals surface area (Å²) in [6.07, 6.45) is 3.47. The lowest BCUT2D eigenvalue weighted by Crippen LogP contribution is -2.08. The highest BCUT2D eigenvalue weighted by atomic mass is 79.9. The molecule has 2 aromatic heterocycles. The van der Waals surface area contributed by atoms with Crippen LogP contribution >= 0.6 is 31.9 Å². The summed E-state index contributed by atoms with van der Waals surface area (Å²) in [4.78, 5) is 4.27. The second kappa shape index (κ2) is 5.59. The van der Waals surface area contributed by atoms with Crippen molar-refractivity contribution >= 4 is 37.7 Å². The van der Waals surface area contributed by atoms with Crippen molar-refractivity contribution in [3.05, 3.63) is 33.4 Å². The Balaban J connectivity index is 2.07. The van der Waals surface area contributed by atoms with Gasteiger partial charge in [-0.1, -0.05) is 0 Å². The summed E-state index contributed by atoms with van der Waals surface area (Å²) in [6, 6.07) is 1.94. The van der Waals surface area contributed by atoms with Crippen molar-refractivity contribution in [1.82, 2.24) is 19.7 Å². The predicted molar refractivity (Wildman–Crippen MR) is 72.7 cm³/mol.